The molecule has 3 N–H and O–H groups in total. The van der Waals surface area contributed by atoms with Gasteiger partial charge in [0.25, 0.3) is 0 Å². The van der Waals surface area contributed by atoms with Gasteiger partial charge in [0.15, 0.2) is 0 Å². The standard InChI is InChI=1S/C9H15NO3/c10-9(1-2-9)8(7(11)12)3-5-13-6-4-8/h1-6,10H2,(H,11,12). The second-order valence-electron chi connectivity index (χ2n) is 4.16. The van der Waals surface area contributed by atoms with Crippen molar-refractivity contribution in [2.45, 2.75) is 31.2 Å². The molecule has 1 aliphatic carbocycles. The lowest BCUT2D eigenvalue weighted by Gasteiger charge is -2.38. The first-order chi connectivity index (χ1) is 6.11. The lowest BCUT2D eigenvalue weighted by Crippen LogP contribution is -2.52. The fourth-order valence-corrected chi connectivity index (χ4v) is 2.26. The van der Waals surface area contributed by atoms with E-state index in [-0.39, 0.29) is 0 Å². The summed E-state index contributed by atoms with van der Waals surface area (Å²) in [5.41, 5.74) is 4.88. The van der Waals surface area contributed by atoms with Crippen molar-refractivity contribution >= 4 is 5.97 Å². The van der Waals surface area contributed by atoms with Crippen LogP contribution in [0.25, 0.3) is 0 Å². The third kappa shape index (κ3) is 1.16. The Balaban J connectivity index is 2.24. The van der Waals surface area contributed by atoms with Gasteiger partial charge in [0.1, 0.15) is 0 Å². The predicted molar refractivity (Wildman–Crippen MR) is 46.3 cm³/mol. The third-order valence-electron chi connectivity index (χ3n) is 3.50. The second-order valence-corrected chi connectivity index (χ2v) is 4.16. The summed E-state index contributed by atoms with van der Waals surface area (Å²) in [5, 5.41) is 9.23. The van der Waals surface area contributed by atoms with Gasteiger partial charge in [-0.05, 0) is 25.7 Å². The molecule has 1 heterocycles. The molecule has 0 aromatic rings. The van der Waals surface area contributed by atoms with Crippen LogP contribution in [-0.4, -0.2) is 29.8 Å². The first-order valence-corrected chi connectivity index (χ1v) is 4.71. The Morgan fingerprint density at radius 1 is 1.23 bits per heavy atom. The number of carboxylic acids is 1. The van der Waals surface area contributed by atoms with Gasteiger partial charge < -0.3 is 15.6 Å². The van der Waals surface area contributed by atoms with E-state index in [9.17, 15) is 9.90 Å². The molecule has 4 heteroatoms. The highest BCUT2D eigenvalue weighted by Gasteiger charge is 2.61. The molecule has 4 nitrogen and oxygen atoms in total. The van der Waals surface area contributed by atoms with Crippen molar-refractivity contribution in [3.05, 3.63) is 0 Å². The Labute approximate surface area is 77.1 Å². The molecule has 0 amide bonds. The number of hydrogen-bond acceptors (Lipinski definition) is 3. The lowest BCUT2D eigenvalue weighted by molar-refractivity contribution is -0.157. The summed E-state index contributed by atoms with van der Waals surface area (Å²) in [5.74, 6) is -0.740. The van der Waals surface area contributed by atoms with E-state index in [0.717, 1.165) is 12.8 Å². The van der Waals surface area contributed by atoms with Gasteiger partial charge in [-0.2, -0.15) is 0 Å². The molecule has 0 bridgehead atoms. The SMILES string of the molecule is NC1(C2(C(=O)O)CCOCC2)CC1. The molecule has 0 atom stereocenters. The minimum atomic E-state index is -0.740. The normalized spacial score (nSPS) is 29.6. The van der Waals surface area contributed by atoms with Crippen molar-refractivity contribution in [1.29, 1.82) is 0 Å². The van der Waals surface area contributed by atoms with E-state index < -0.39 is 16.9 Å². The highest BCUT2D eigenvalue weighted by Crippen LogP contribution is 2.53. The maximum atomic E-state index is 11.2. The molecule has 2 rings (SSSR count). The minimum absolute atomic E-state index is 0.442. The van der Waals surface area contributed by atoms with Crippen LogP contribution in [-0.2, 0) is 9.53 Å². The first-order valence-electron chi connectivity index (χ1n) is 4.71. The molecule has 0 aromatic carbocycles. The van der Waals surface area contributed by atoms with Crippen molar-refractivity contribution in [1.82, 2.24) is 0 Å². The van der Waals surface area contributed by atoms with E-state index in [4.69, 9.17) is 10.5 Å². The van der Waals surface area contributed by atoms with Gasteiger partial charge in [-0.3, -0.25) is 4.79 Å². The van der Waals surface area contributed by atoms with Crippen molar-refractivity contribution in [2.75, 3.05) is 13.2 Å². The van der Waals surface area contributed by atoms with Gasteiger partial charge in [0.05, 0.1) is 5.41 Å². The van der Waals surface area contributed by atoms with Crippen LogP contribution in [0.15, 0.2) is 0 Å². The number of carbonyl (C=O) groups is 1. The van der Waals surface area contributed by atoms with Gasteiger partial charge in [-0.25, -0.2) is 0 Å². The number of hydrogen-bond donors (Lipinski definition) is 2. The Bertz CT molecular complexity index is 229. The maximum Gasteiger partial charge on any atom is 0.311 e. The van der Waals surface area contributed by atoms with E-state index in [1.165, 1.54) is 0 Å². The maximum absolute atomic E-state index is 11.2. The highest BCUT2D eigenvalue weighted by atomic mass is 16.5. The highest BCUT2D eigenvalue weighted by molar-refractivity contribution is 5.77. The number of rotatable bonds is 2. The fraction of sp³-hybridized carbons (Fsp3) is 0.889. The summed E-state index contributed by atoms with van der Waals surface area (Å²) in [7, 11) is 0. The number of ether oxygens (including phenoxy) is 1. The summed E-state index contributed by atoms with van der Waals surface area (Å²) in [6.07, 6.45) is 2.83. The molecular weight excluding hydrogens is 170 g/mol. The van der Waals surface area contributed by atoms with E-state index in [0.29, 0.717) is 26.1 Å². The fourth-order valence-electron chi connectivity index (χ4n) is 2.26. The zero-order valence-corrected chi connectivity index (χ0v) is 7.58. The Morgan fingerprint density at radius 3 is 2.15 bits per heavy atom. The largest absolute Gasteiger partial charge is 0.481 e. The molecule has 0 unspecified atom stereocenters. The average Bonchev–Trinajstić information content (AvgIpc) is 2.86. The van der Waals surface area contributed by atoms with E-state index in [2.05, 4.69) is 0 Å². The molecule has 13 heavy (non-hydrogen) atoms. The van der Waals surface area contributed by atoms with Gasteiger partial charge in [0.2, 0.25) is 0 Å². The van der Waals surface area contributed by atoms with E-state index >= 15 is 0 Å². The van der Waals surface area contributed by atoms with E-state index in [1.807, 2.05) is 0 Å². The molecule has 1 aliphatic heterocycles. The molecule has 2 aliphatic rings. The van der Waals surface area contributed by atoms with Crippen LogP contribution in [0.2, 0.25) is 0 Å². The predicted octanol–water partition coefficient (Wildman–Crippen LogP) is 0.359. The van der Waals surface area contributed by atoms with Crippen LogP contribution in [0, 0.1) is 5.41 Å². The number of aliphatic carboxylic acids is 1. The van der Waals surface area contributed by atoms with Gasteiger partial charge in [0, 0.05) is 18.8 Å². The van der Waals surface area contributed by atoms with Crippen molar-refractivity contribution in [3.63, 3.8) is 0 Å². The van der Waals surface area contributed by atoms with Crippen LogP contribution in [0.4, 0.5) is 0 Å². The van der Waals surface area contributed by atoms with E-state index in [1.54, 1.807) is 0 Å². The quantitative estimate of drug-likeness (QED) is 0.651. The summed E-state index contributed by atoms with van der Waals surface area (Å²) in [6, 6.07) is 0. The van der Waals surface area contributed by atoms with Crippen LogP contribution in [0.5, 0.6) is 0 Å². The summed E-state index contributed by atoms with van der Waals surface area (Å²) in [6.45, 7) is 1.07. The first kappa shape index (κ1) is 8.97. The van der Waals surface area contributed by atoms with Gasteiger partial charge in [-0.15, -0.1) is 0 Å². The van der Waals surface area contributed by atoms with Crippen LogP contribution >= 0.6 is 0 Å². The smallest absolute Gasteiger partial charge is 0.311 e. The molecular formula is C9H15NO3. The van der Waals surface area contributed by atoms with Gasteiger partial charge >= 0.3 is 5.97 Å². The number of carboxylic acid groups (broad SMARTS) is 1. The summed E-state index contributed by atoms with van der Waals surface area (Å²) >= 11 is 0. The summed E-state index contributed by atoms with van der Waals surface area (Å²) < 4.78 is 5.18. The average molecular weight is 185 g/mol. The summed E-state index contributed by atoms with van der Waals surface area (Å²) in [4.78, 5) is 11.2. The Hall–Kier alpha value is -0.610. The van der Waals surface area contributed by atoms with Crippen LogP contribution < -0.4 is 5.73 Å². The topological polar surface area (TPSA) is 72.6 Å². The van der Waals surface area contributed by atoms with Crippen molar-refractivity contribution < 1.29 is 14.6 Å². The zero-order chi connectivity index (χ0) is 9.53. The molecule has 0 aromatic heterocycles. The lowest BCUT2D eigenvalue weighted by atomic mass is 9.72. The van der Waals surface area contributed by atoms with Crippen molar-refractivity contribution in [2.24, 2.45) is 11.1 Å². The van der Waals surface area contributed by atoms with Crippen molar-refractivity contribution in [3.8, 4) is 0 Å². The molecule has 1 saturated heterocycles. The Kier molecular flexibility index (Phi) is 1.85. The molecule has 0 radical (unpaired) electrons. The number of nitrogens with two attached hydrogens (primary N) is 1. The molecule has 2 fully saturated rings. The second kappa shape index (κ2) is 2.69. The van der Waals surface area contributed by atoms with Gasteiger partial charge in [-0.1, -0.05) is 0 Å². The monoisotopic (exact) mass is 185 g/mol. The molecule has 0 spiro atoms. The molecule has 1 saturated carbocycles. The third-order valence-corrected chi connectivity index (χ3v) is 3.50. The molecule has 74 valence electrons. The van der Waals surface area contributed by atoms with Crippen LogP contribution in [0.1, 0.15) is 25.7 Å². The minimum Gasteiger partial charge on any atom is -0.481 e. The van der Waals surface area contributed by atoms with Crippen LogP contribution in [0.3, 0.4) is 0 Å². The zero-order valence-electron chi connectivity index (χ0n) is 7.58. The Morgan fingerprint density at radius 2 is 1.77 bits per heavy atom.